The monoisotopic (exact) mass is 417 g/mol. The lowest BCUT2D eigenvalue weighted by Crippen LogP contribution is -2.36. The van der Waals surface area contributed by atoms with Crippen LogP contribution >= 0.6 is 11.6 Å². The van der Waals surface area contributed by atoms with Crippen LogP contribution in [0.5, 0.6) is 5.75 Å². The van der Waals surface area contributed by atoms with Gasteiger partial charge in [0, 0.05) is 29.9 Å². The Kier molecular flexibility index (Phi) is 5.10. The van der Waals surface area contributed by atoms with Crippen molar-refractivity contribution in [3.05, 3.63) is 52.8 Å². The molecule has 29 heavy (non-hydrogen) atoms. The van der Waals surface area contributed by atoms with Gasteiger partial charge in [0.25, 0.3) is 5.91 Å². The van der Waals surface area contributed by atoms with Crippen LogP contribution in [-0.2, 0) is 20.9 Å². The number of hydrogen-bond donors (Lipinski definition) is 2. The van der Waals surface area contributed by atoms with E-state index in [0.717, 1.165) is 0 Å². The second kappa shape index (κ2) is 7.71. The zero-order valence-corrected chi connectivity index (χ0v) is 16.0. The fourth-order valence-electron chi connectivity index (χ4n) is 3.44. The fourth-order valence-corrected chi connectivity index (χ4v) is 3.68. The Hall–Kier alpha value is -3.13. The van der Waals surface area contributed by atoms with Crippen molar-refractivity contribution in [3.8, 4) is 5.75 Å². The molecule has 0 radical (unpaired) electrons. The highest BCUT2D eigenvalue weighted by Crippen LogP contribution is 2.34. The van der Waals surface area contributed by atoms with Gasteiger partial charge in [-0.3, -0.25) is 14.4 Å². The van der Waals surface area contributed by atoms with E-state index >= 15 is 0 Å². The Morgan fingerprint density at radius 1 is 1.28 bits per heavy atom. The number of hydrogen-bond acceptors (Lipinski definition) is 4. The van der Waals surface area contributed by atoms with Crippen LogP contribution in [-0.4, -0.2) is 30.9 Å². The number of carbonyl (C=O) groups is 3. The van der Waals surface area contributed by atoms with Gasteiger partial charge < -0.3 is 20.3 Å². The first-order valence-electron chi connectivity index (χ1n) is 9.01. The average Bonchev–Trinajstić information content (AvgIpc) is 3.06. The Bertz CT molecular complexity index is 993. The maximum Gasteiger partial charge on any atom is 0.262 e. The highest BCUT2D eigenvalue weighted by molar-refractivity contribution is 6.30. The van der Waals surface area contributed by atoms with Crippen LogP contribution < -0.4 is 20.3 Å². The molecule has 2 aromatic carbocycles. The maximum absolute atomic E-state index is 13.4. The zero-order valence-electron chi connectivity index (χ0n) is 15.2. The van der Waals surface area contributed by atoms with Gasteiger partial charge in [0.1, 0.15) is 17.5 Å². The molecule has 0 spiro atoms. The SMILES string of the molecule is O=C1COc2cc(N3CCC(C(=O)NCc4cc(F)cc(Cl)c4)C3=O)ccc2N1. The minimum absolute atomic E-state index is 0.0759. The number of ether oxygens (including phenoxy) is 1. The summed E-state index contributed by atoms with van der Waals surface area (Å²) in [6.07, 6.45) is 0.364. The standard InChI is InChI=1S/C20H17ClFN3O4/c21-12-5-11(6-13(22)7-12)9-23-19(27)15-3-4-25(20(15)28)14-1-2-16-17(8-14)29-10-18(26)24-16/h1-2,5-8,15H,3-4,9-10H2,(H,23,27)(H,24,26). The summed E-state index contributed by atoms with van der Waals surface area (Å²) in [5.74, 6) is -1.81. The van der Waals surface area contributed by atoms with E-state index in [-0.39, 0.29) is 30.0 Å². The molecule has 3 amide bonds. The smallest absolute Gasteiger partial charge is 0.262 e. The second-order valence-electron chi connectivity index (χ2n) is 6.84. The number of halogens is 2. The highest BCUT2D eigenvalue weighted by Gasteiger charge is 2.37. The summed E-state index contributed by atoms with van der Waals surface area (Å²) in [7, 11) is 0. The molecule has 4 rings (SSSR count). The molecule has 0 saturated carbocycles. The molecule has 2 aromatic rings. The van der Waals surface area contributed by atoms with Gasteiger partial charge in [0.15, 0.2) is 6.61 Å². The zero-order chi connectivity index (χ0) is 20.5. The van der Waals surface area contributed by atoms with Crippen molar-refractivity contribution in [1.82, 2.24) is 5.32 Å². The van der Waals surface area contributed by atoms with E-state index in [4.69, 9.17) is 16.3 Å². The van der Waals surface area contributed by atoms with Crippen LogP contribution in [0.4, 0.5) is 15.8 Å². The first kappa shape index (κ1) is 19.2. The molecule has 1 atom stereocenters. The van der Waals surface area contributed by atoms with Crippen LogP contribution in [0, 0.1) is 11.7 Å². The van der Waals surface area contributed by atoms with Crippen molar-refractivity contribution >= 4 is 40.7 Å². The van der Waals surface area contributed by atoms with E-state index in [1.165, 1.54) is 17.0 Å². The van der Waals surface area contributed by atoms with Crippen molar-refractivity contribution in [1.29, 1.82) is 0 Å². The van der Waals surface area contributed by atoms with Crippen LogP contribution in [0.3, 0.4) is 0 Å². The quantitative estimate of drug-likeness (QED) is 0.748. The number of nitrogens with zero attached hydrogens (tertiary/aromatic N) is 1. The fraction of sp³-hybridized carbons (Fsp3) is 0.250. The molecule has 150 valence electrons. The van der Waals surface area contributed by atoms with E-state index in [9.17, 15) is 18.8 Å². The molecular formula is C20H17ClFN3O4. The van der Waals surface area contributed by atoms with Crippen molar-refractivity contribution in [3.63, 3.8) is 0 Å². The summed E-state index contributed by atoms with van der Waals surface area (Å²) in [5.41, 5.74) is 1.65. The number of anilines is 2. The van der Waals surface area contributed by atoms with Gasteiger partial charge >= 0.3 is 0 Å². The summed E-state index contributed by atoms with van der Waals surface area (Å²) >= 11 is 5.81. The Morgan fingerprint density at radius 3 is 2.90 bits per heavy atom. The lowest BCUT2D eigenvalue weighted by molar-refractivity contribution is -0.132. The van der Waals surface area contributed by atoms with Crippen LogP contribution in [0.2, 0.25) is 5.02 Å². The number of amides is 3. The van der Waals surface area contributed by atoms with E-state index in [1.807, 2.05) is 0 Å². The van der Waals surface area contributed by atoms with Gasteiger partial charge in [0.2, 0.25) is 11.8 Å². The van der Waals surface area contributed by atoms with Gasteiger partial charge in [-0.25, -0.2) is 4.39 Å². The summed E-state index contributed by atoms with van der Waals surface area (Å²) < 4.78 is 18.8. The third-order valence-corrected chi connectivity index (χ3v) is 5.04. The number of benzene rings is 2. The molecule has 7 nitrogen and oxygen atoms in total. The van der Waals surface area contributed by atoms with E-state index in [0.29, 0.717) is 35.7 Å². The van der Waals surface area contributed by atoms with Gasteiger partial charge in [-0.2, -0.15) is 0 Å². The molecule has 2 N–H and O–H groups in total. The predicted molar refractivity (Wildman–Crippen MR) is 104 cm³/mol. The molecular weight excluding hydrogens is 401 g/mol. The highest BCUT2D eigenvalue weighted by atomic mass is 35.5. The molecule has 1 fully saturated rings. The molecule has 1 saturated heterocycles. The van der Waals surface area contributed by atoms with Crippen molar-refractivity contribution in [2.45, 2.75) is 13.0 Å². The molecule has 9 heteroatoms. The second-order valence-corrected chi connectivity index (χ2v) is 7.28. The van der Waals surface area contributed by atoms with Crippen molar-refractivity contribution in [2.24, 2.45) is 5.92 Å². The molecule has 2 heterocycles. The number of carbonyl (C=O) groups excluding carboxylic acids is 3. The molecule has 0 bridgehead atoms. The first-order chi connectivity index (χ1) is 13.9. The number of fused-ring (bicyclic) bond motifs is 1. The lowest BCUT2D eigenvalue weighted by Gasteiger charge is -2.22. The minimum atomic E-state index is -0.823. The van der Waals surface area contributed by atoms with Crippen LogP contribution in [0.25, 0.3) is 0 Å². The van der Waals surface area contributed by atoms with Crippen molar-refractivity contribution < 1.29 is 23.5 Å². The van der Waals surface area contributed by atoms with Crippen LogP contribution in [0.1, 0.15) is 12.0 Å². The summed E-state index contributed by atoms with van der Waals surface area (Å²) in [4.78, 5) is 38.1. The van der Waals surface area contributed by atoms with Gasteiger partial charge in [-0.05, 0) is 42.3 Å². The molecule has 2 aliphatic heterocycles. The summed E-state index contributed by atoms with van der Waals surface area (Å²) in [6, 6.07) is 9.04. The minimum Gasteiger partial charge on any atom is -0.482 e. The molecule has 0 aromatic heterocycles. The first-order valence-corrected chi connectivity index (χ1v) is 9.39. The summed E-state index contributed by atoms with van der Waals surface area (Å²) in [6.45, 7) is 0.375. The lowest BCUT2D eigenvalue weighted by atomic mass is 10.1. The number of nitrogens with one attached hydrogen (secondary N) is 2. The topological polar surface area (TPSA) is 87.7 Å². The Morgan fingerprint density at radius 2 is 2.10 bits per heavy atom. The predicted octanol–water partition coefficient (Wildman–Crippen LogP) is 2.48. The van der Waals surface area contributed by atoms with Crippen LogP contribution in [0.15, 0.2) is 36.4 Å². The van der Waals surface area contributed by atoms with E-state index in [2.05, 4.69) is 10.6 Å². The van der Waals surface area contributed by atoms with Gasteiger partial charge in [-0.15, -0.1) is 0 Å². The number of rotatable bonds is 4. The third kappa shape index (κ3) is 4.02. The largest absolute Gasteiger partial charge is 0.482 e. The Balaban J connectivity index is 1.42. The van der Waals surface area contributed by atoms with E-state index in [1.54, 1.807) is 24.3 Å². The van der Waals surface area contributed by atoms with Gasteiger partial charge in [0.05, 0.1) is 5.69 Å². The van der Waals surface area contributed by atoms with Gasteiger partial charge in [-0.1, -0.05) is 11.6 Å². The average molecular weight is 418 g/mol. The molecule has 2 aliphatic rings. The van der Waals surface area contributed by atoms with E-state index < -0.39 is 17.6 Å². The summed E-state index contributed by atoms with van der Waals surface area (Å²) in [5, 5.41) is 5.60. The van der Waals surface area contributed by atoms with Crippen molar-refractivity contribution in [2.75, 3.05) is 23.4 Å². The third-order valence-electron chi connectivity index (χ3n) is 4.82. The molecule has 1 unspecified atom stereocenters. The Labute approximate surface area is 170 Å². The maximum atomic E-state index is 13.4. The normalized spacial score (nSPS) is 18.1. The molecule has 0 aliphatic carbocycles.